The molecule has 0 aliphatic heterocycles. The van der Waals surface area contributed by atoms with E-state index in [1.54, 1.807) is 13.8 Å². The summed E-state index contributed by atoms with van der Waals surface area (Å²) >= 11 is 3.80. The lowest BCUT2D eigenvalue weighted by atomic mass is 10.4. The van der Waals surface area contributed by atoms with Crippen LogP contribution in [0.3, 0.4) is 0 Å². The molecule has 3 N–H and O–H groups in total. The van der Waals surface area contributed by atoms with Gasteiger partial charge in [0, 0.05) is 6.04 Å². The van der Waals surface area contributed by atoms with Crippen LogP contribution in [0.25, 0.3) is 0 Å². The largest absolute Gasteiger partial charge is 0.477 e. The first-order chi connectivity index (χ1) is 9.13. The van der Waals surface area contributed by atoms with Gasteiger partial charge in [-0.1, -0.05) is 0 Å². The first kappa shape index (κ1) is 17.1. The number of carboxylic acid groups (broad SMARTS) is 1. The summed E-state index contributed by atoms with van der Waals surface area (Å²) in [5, 5.41) is 11.4. The van der Waals surface area contributed by atoms with Crippen LogP contribution < -0.4 is 10.0 Å². The number of amides is 1. The van der Waals surface area contributed by atoms with Gasteiger partial charge in [-0.25, -0.2) is 17.9 Å². The van der Waals surface area contributed by atoms with E-state index in [-0.39, 0.29) is 19.6 Å². The van der Waals surface area contributed by atoms with Crippen molar-refractivity contribution in [3.63, 3.8) is 0 Å². The molecule has 0 saturated carbocycles. The molecule has 7 nitrogen and oxygen atoms in total. The van der Waals surface area contributed by atoms with Crippen LogP contribution in [0.1, 0.15) is 23.5 Å². The lowest BCUT2D eigenvalue weighted by Gasteiger charge is -2.09. The maximum Gasteiger partial charge on any atom is 0.345 e. The lowest BCUT2D eigenvalue weighted by molar-refractivity contribution is -0.120. The quantitative estimate of drug-likeness (QED) is 0.677. The van der Waals surface area contributed by atoms with Gasteiger partial charge in [-0.2, -0.15) is 0 Å². The van der Waals surface area contributed by atoms with Crippen molar-refractivity contribution < 1.29 is 23.1 Å². The van der Waals surface area contributed by atoms with Crippen LogP contribution in [0.15, 0.2) is 14.7 Å². The smallest absolute Gasteiger partial charge is 0.345 e. The Morgan fingerprint density at radius 2 is 2.05 bits per heavy atom. The summed E-state index contributed by atoms with van der Waals surface area (Å²) in [6.07, 6.45) is 0. The number of sulfonamides is 1. The molecule has 0 spiro atoms. The molecular formula is C10H13BrN2O5S2. The third-order valence-corrected chi connectivity index (χ3v) is 5.67. The minimum atomic E-state index is -3.95. The van der Waals surface area contributed by atoms with E-state index in [1.807, 2.05) is 0 Å². The lowest BCUT2D eigenvalue weighted by Crippen LogP contribution is -2.39. The van der Waals surface area contributed by atoms with E-state index >= 15 is 0 Å². The third kappa shape index (κ3) is 4.54. The molecule has 0 saturated heterocycles. The van der Waals surface area contributed by atoms with Crippen LogP contribution in [0.2, 0.25) is 0 Å². The zero-order chi connectivity index (χ0) is 15.5. The van der Waals surface area contributed by atoms with Crippen molar-refractivity contribution in [2.45, 2.75) is 24.8 Å². The molecule has 0 atom stereocenters. The first-order valence-corrected chi connectivity index (χ1v) is 8.54. The molecule has 1 amide bonds. The number of halogens is 1. The van der Waals surface area contributed by atoms with E-state index in [9.17, 15) is 18.0 Å². The molecule has 0 unspecified atom stereocenters. The summed E-state index contributed by atoms with van der Waals surface area (Å²) in [6.45, 7) is 3.09. The number of hydrogen-bond donors (Lipinski definition) is 3. The predicted molar refractivity (Wildman–Crippen MR) is 77.4 cm³/mol. The van der Waals surface area contributed by atoms with E-state index in [0.29, 0.717) is 0 Å². The van der Waals surface area contributed by atoms with Gasteiger partial charge in [-0.05, 0) is 35.8 Å². The molecule has 0 aromatic carbocycles. The topological polar surface area (TPSA) is 113 Å². The molecule has 0 radical (unpaired) electrons. The molecule has 1 aromatic rings. The van der Waals surface area contributed by atoms with E-state index in [2.05, 4.69) is 26.0 Å². The van der Waals surface area contributed by atoms with Crippen LogP contribution in [0.5, 0.6) is 0 Å². The number of nitrogens with one attached hydrogen (secondary N) is 2. The molecule has 10 heteroatoms. The molecule has 0 bridgehead atoms. The van der Waals surface area contributed by atoms with Gasteiger partial charge >= 0.3 is 5.97 Å². The van der Waals surface area contributed by atoms with Crippen molar-refractivity contribution in [1.82, 2.24) is 10.0 Å². The summed E-state index contributed by atoms with van der Waals surface area (Å²) in [6, 6.07) is 0.943. The Hall–Kier alpha value is -0.970. The predicted octanol–water partition coefficient (Wildman–Crippen LogP) is 1.01. The van der Waals surface area contributed by atoms with Gasteiger partial charge in [0.1, 0.15) is 9.77 Å². The van der Waals surface area contributed by atoms with Crippen LogP contribution in [0.4, 0.5) is 0 Å². The highest BCUT2D eigenvalue weighted by molar-refractivity contribution is 9.11. The highest BCUT2D eigenvalue weighted by atomic mass is 79.9. The van der Waals surface area contributed by atoms with Gasteiger partial charge < -0.3 is 10.4 Å². The van der Waals surface area contributed by atoms with E-state index in [0.717, 1.165) is 17.4 Å². The normalized spacial score (nSPS) is 11.6. The van der Waals surface area contributed by atoms with Crippen LogP contribution in [0, 0.1) is 0 Å². The maximum absolute atomic E-state index is 12.0. The van der Waals surface area contributed by atoms with Crippen molar-refractivity contribution in [1.29, 1.82) is 0 Å². The molecular weight excluding hydrogens is 372 g/mol. The number of aromatic carboxylic acids is 1. The van der Waals surface area contributed by atoms with E-state index < -0.39 is 28.4 Å². The Morgan fingerprint density at radius 3 is 2.50 bits per heavy atom. The van der Waals surface area contributed by atoms with Crippen LogP contribution in [-0.4, -0.2) is 38.0 Å². The van der Waals surface area contributed by atoms with Crippen LogP contribution in [-0.2, 0) is 14.8 Å². The number of carbonyl (C=O) groups excluding carboxylic acids is 1. The first-order valence-electron chi connectivity index (χ1n) is 5.45. The summed E-state index contributed by atoms with van der Waals surface area (Å²) in [4.78, 5) is 21.9. The second-order valence-corrected chi connectivity index (χ2v) is 8.21. The fourth-order valence-electron chi connectivity index (χ4n) is 1.25. The zero-order valence-electron chi connectivity index (χ0n) is 10.6. The number of carbonyl (C=O) groups is 2. The second-order valence-electron chi connectivity index (χ2n) is 4.10. The van der Waals surface area contributed by atoms with E-state index in [1.165, 1.54) is 0 Å². The summed E-state index contributed by atoms with van der Waals surface area (Å²) < 4.78 is 26.2. The number of rotatable bonds is 6. The number of carboxylic acids is 1. The molecule has 1 heterocycles. The fraction of sp³-hybridized carbons (Fsp3) is 0.400. The van der Waals surface area contributed by atoms with Gasteiger partial charge in [0.25, 0.3) is 0 Å². The van der Waals surface area contributed by atoms with Gasteiger partial charge in [-0.15, -0.1) is 11.3 Å². The van der Waals surface area contributed by atoms with Gasteiger partial charge in [0.05, 0.1) is 10.3 Å². The molecule has 0 aliphatic rings. The molecule has 0 aliphatic carbocycles. The van der Waals surface area contributed by atoms with Gasteiger partial charge in [0.15, 0.2) is 0 Å². The van der Waals surface area contributed by atoms with Gasteiger partial charge in [-0.3, -0.25) is 4.79 Å². The van der Waals surface area contributed by atoms with E-state index in [4.69, 9.17) is 5.11 Å². The van der Waals surface area contributed by atoms with Crippen molar-refractivity contribution in [2.75, 3.05) is 6.54 Å². The molecule has 112 valence electrons. The Labute approximate surface area is 128 Å². The molecule has 1 aromatic heterocycles. The Morgan fingerprint density at radius 1 is 1.45 bits per heavy atom. The monoisotopic (exact) mass is 384 g/mol. The highest BCUT2D eigenvalue weighted by Gasteiger charge is 2.23. The maximum atomic E-state index is 12.0. The second kappa shape index (κ2) is 6.66. The molecule has 1 rings (SSSR count). The van der Waals surface area contributed by atoms with Gasteiger partial charge in [0.2, 0.25) is 15.9 Å². The molecule has 20 heavy (non-hydrogen) atoms. The third-order valence-electron chi connectivity index (χ3n) is 2.03. The number of hydrogen-bond acceptors (Lipinski definition) is 5. The highest BCUT2D eigenvalue weighted by Crippen LogP contribution is 2.31. The average Bonchev–Trinajstić information content (AvgIpc) is 2.69. The summed E-state index contributed by atoms with van der Waals surface area (Å²) in [5.74, 6) is -1.68. The Bertz CT molecular complexity index is 624. The summed E-state index contributed by atoms with van der Waals surface area (Å²) in [7, 11) is -3.95. The van der Waals surface area contributed by atoms with Crippen molar-refractivity contribution in [2.24, 2.45) is 0 Å². The molecule has 0 fully saturated rings. The SMILES string of the molecule is CC(C)NC(=O)CNS(=O)(=O)c1cc(C(=O)O)sc1Br. The average molecular weight is 385 g/mol. The van der Waals surface area contributed by atoms with Crippen molar-refractivity contribution in [3.05, 3.63) is 14.7 Å². The standard InChI is InChI=1S/C10H13BrN2O5S2/c1-5(2)13-8(14)4-12-20(17,18)7-3-6(10(15)16)19-9(7)11/h3,5,12H,4H2,1-2H3,(H,13,14)(H,15,16). The Kier molecular flexibility index (Phi) is 5.68. The van der Waals surface area contributed by atoms with Crippen molar-refractivity contribution in [3.8, 4) is 0 Å². The van der Waals surface area contributed by atoms with Crippen molar-refractivity contribution >= 4 is 49.2 Å². The van der Waals surface area contributed by atoms with Crippen LogP contribution >= 0.6 is 27.3 Å². The minimum absolute atomic E-state index is 0.0986. The minimum Gasteiger partial charge on any atom is -0.477 e. The number of thiophene rings is 1. The fourth-order valence-corrected chi connectivity index (χ4v) is 4.64. The Balaban J connectivity index is 2.84. The summed E-state index contributed by atoms with van der Waals surface area (Å²) in [5.41, 5.74) is 0. The zero-order valence-corrected chi connectivity index (χ0v) is 13.9.